The fourth-order valence-electron chi connectivity index (χ4n) is 2.24. The number of aromatic nitrogens is 4. The lowest BCUT2D eigenvalue weighted by Gasteiger charge is -2.10. The second-order valence-corrected chi connectivity index (χ2v) is 4.75. The Morgan fingerprint density at radius 2 is 1.29 bits per heavy atom. The van der Waals surface area contributed by atoms with Gasteiger partial charge in [-0.3, -0.25) is 9.59 Å². The highest BCUT2D eigenvalue weighted by Gasteiger charge is 2.16. The fourth-order valence-corrected chi connectivity index (χ4v) is 2.24. The van der Waals surface area contributed by atoms with Crippen LogP contribution in [-0.2, 0) is 0 Å². The summed E-state index contributed by atoms with van der Waals surface area (Å²) in [5.74, 6) is 11.8. The van der Waals surface area contributed by atoms with Crippen molar-refractivity contribution >= 4 is 27.5 Å². The quantitative estimate of drug-likeness (QED) is 0.265. The Hall–Kier alpha value is -3.10. The van der Waals surface area contributed by atoms with Crippen LogP contribution in [0.2, 0.25) is 0 Å². The summed E-state index contributed by atoms with van der Waals surface area (Å²) in [6.07, 6.45) is 0. The molecule has 6 N–H and O–H groups in total. The van der Waals surface area contributed by atoms with E-state index in [-0.39, 0.29) is 27.5 Å². The number of benzene rings is 1. The first-order valence-electron chi connectivity index (χ1n) is 6.08. The summed E-state index contributed by atoms with van der Waals surface area (Å²) in [4.78, 5) is 32.8. The summed E-state index contributed by atoms with van der Waals surface area (Å²) in [7, 11) is 0. The van der Waals surface area contributed by atoms with Gasteiger partial charge in [-0.15, -0.1) is 0 Å². The average molecular weight is 287 g/mol. The van der Waals surface area contributed by atoms with E-state index in [1.54, 1.807) is 13.8 Å². The molecule has 0 unspecified atom stereocenters. The molecule has 0 bridgehead atoms. The molecule has 108 valence electrons. The van der Waals surface area contributed by atoms with Gasteiger partial charge in [0, 0.05) is 0 Å². The van der Waals surface area contributed by atoms with Gasteiger partial charge in [0.05, 0.1) is 16.5 Å². The zero-order valence-electron chi connectivity index (χ0n) is 11.4. The van der Waals surface area contributed by atoms with Crippen molar-refractivity contribution in [1.29, 1.82) is 0 Å². The first-order valence-corrected chi connectivity index (χ1v) is 6.08. The number of anilines is 1. The highest BCUT2D eigenvalue weighted by molar-refractivity contribution is 6.06. The molecule has 3 aromatic rings. The van der Waals surface area contributed by atoms with Gasteiger partial charge in [0.15, 0.2) is 0 Å². The maximum atomic E-state index is 12.2. The lowest BCUT2D eigenvalue weighted by Crippen LogP contribution is -2.32. The molecule has 0 aliphatic carbocycles. The minimum absolute atomic E-state index is 0.149. The van der Waals surface area contributed by atoms with Crippen molar-refractivity contribution in [2.75, 3.05) is 17.4 Å². The smallest absolute Gasteiger partial charge is 0.279 e. The molecule has 0 aliphatic heterocycles. The van der Waals surface area contributed by atoms with E-state index in [4.69, 9.17) is 17.4 Å². The molecule has 0 saturated heterocycles. The summed E-state index contributed by atoms with van der Waals surface area (Å²) in [6, 6.07) is 1.37. The summed E-state index contributed by atoms with van der Waals surface area (Å²) in [6.45, 7) is 3.17. The van der Waals surface area contributed by atoms with Crippen LogP contribution < -0.4 is 28.5 Å². The molecule has 0 aliphatic rings. The predicted molar refractivity (Wildman–Crippen MR) is 79.8 cm³/mol. The Bertz CT molecular complexity index is 952. The zero-order chi connectivity index (χ0) is 15.5. The fraction of sp³-hybridized carbons (Fsp3) is 0.167. The number of rotatable bonds is 0. The molecule has 9 nitrogen and oxygen atoms in total. The lowest BCUT2D eigenvalue weighted by atomic mass is 10.1. The van der Waals surface area contributed by atoms with Gasteiger partial charge in [-0.25, -0.2) is 19.3 Å². The molecule has 0 atom stereocenters. The van der Waals surface area contributed by atoms with Crippen molar-refractivity contribution in [3.05, 3.63) is 38.4 Å². The van der Waals surface area contributed by atoms with Crippen LogP contribution in [-0.4, -0.2) is 19.3 Å². The van der Waals surface area contributed by atoms with Crippen molar-refractivity contribution in [3.8, 4) is 0 Å². The standard InChI is InChI=1S/C12H13N7O2/c1-4-16-9-6(11(20)18(4)14)3-7-10(8(9)13)17-5(2)19(15)12(7)21/h3H,13-15H2,1-2H3. The molecule has 1 aromatic carbocycles. The van der Waals surface area contributed by atoms with Crippen LogP contribution in [0.5, 0.6) is 0 Å². The van der Waals surface area contributed by atoms with E-state index < -0.39 is 11.1 Å². The monoisotopic (exact) mass is 287 g/mol. The van der Waals surface area contributed by atoms with Gasteiger partial charge in [-0.2, -0.15) is 0 Å². The van der Waals surface area contributed by atoms with Crippen LogP contribution in [0.25, 0.3) is 21.8 Å². The summed E-state index contributed by atoms with van der Waals surface area (Å²) < 4.78 is 1.80. The van der Waals surface area contributed by atoms with E-state index in [1.165, 1.54) is 6.07 Å². The Morgan fingerprint density at radius 3 is 1.67 bits per heavy atom. The molecule has 2 aromatic heterocycles. The van der Waals surface area contributed by atoms with Crippen LogP contribution >= 0.6 is 0 Å². The maximum Gasteiger partial charge on any atom is 0.279 e. The predicted octanol–water partition coefficient (Wildman–Crippen LogP) is -1.27. The van der Waals surface area contributed by atoms with Crippen molar-refractivity contribution in [2.24, 2.45) is 0 Å². The second kappa shape index (κ2) is 3.95. The number of nitrogens with zero attached hydrogens (tertiary/aromatic N) is 4. The van der Waals surface area contributed by atoms with Crippen LogP contribution in [0.4, 0.5) is 5.69 Å². The first kappa shape index (κ1) is 12.9. The highest BCUT2D eigenvalue weighted by Crippen LogP contribution is 2.24. The molecule has 2 heterocycles. The molecule has 0 amide bonds. The number of nitrogens with two attached hydrogens (primary N) is 3. The van der Waals surface area contributed by atoms with Crippen molar-refractivity contribution < 1.29 is 0 Å². The number of fused-ring (bicyclic) bond motifs is 2. The zero-order valence-corrected chi connectivity index (χ0v) is 11.4. The number of nitrogen functional groups attached to an aromatic ring is 3. The van der Waals surface area contributed by atoms with Gasteiger partial charge in [0.1, 0.15) is 22.7 Å². The van der Waals surface area contributed by atoms with Crippen molar-refractivity contribution in [2.45, 2.75) is 13.8 Å². The molecule has 0 saturated carbocycles. The van der Waals surface area contributed by atoms with E-state index in [2.05, 4.69) is 9.97 Å². The summed E-state index contributed by atoms with van der Waals surface area (Å²) in [5.41, 5.74) is 5.74. The minimum atomic E-state index is -0.491. The van der Waals surface area contributed by atoms with Crippen LogP contribution in [0.1, 0.15) is 11.6 Å². The molecular weight excluding hydrogens is 274 g/mol. The Labute approximate surface area is 117 Å². The Balaban J connectivity index is 2.69. The maximum absolute atomic E-state index is 12.2. The largest absolute Gasteiger partial charge is 0.395 e. The third-order valence-electron chi connectivity index (χ3n) is 3.45. The molecule has 0 radical (unpaired) electrons. The molecule has 3 rings (SSSR count). The average Bonchev–Trinajstić information content (AvgIpc) is 2.45. The lowest BCUT2D eigenvalue weighted by molar-refractivity contribution is 0.847. The normalized spacial score (nSPS) is 11.3. The SMILES string of the molecule is Cc1nc2c(N)c3nc(C)n(N)c(=O)c3cc2c(=O)n1N. The van der Waals surface area contributed by atoms with Gasteiger partial charge < -0.3 is 17.4 Å². The van der Waals surface area contributed by atoms with E-state index in [9.17, 15) is 9.59 Å². The van der Waals surface area contributed by atoms with E-state index in [0.717, 1.165) is 9.35 Å². The van der Waals surface area contributed by atoms with Gasteiger partial charge in [-0.05, 0) is 19.9 Å². The topological polar surface area (TPSA) is 148 Å². The first-order chi connectivity index (χ1) is 9.82. The number of hydrogen-bond acceptors (Lipinski definition) is 7. The molecule has 9 heteroatoms. The number of hydrogen-bond donors (Lipinski definition) is 3. The van der Waals surface area contributed by atoms with Crippen LogP contribution in [0.15, 0.2) is 15.7 Å². The number of aryl methyl sites for hydroxylation is 2. The van der Waals surface area contributed by atoms with Crippen molar-refractivity contribution in [3.63, 3.8) is 0 Å². The highest BCUT2D eigenvalue weighted by atomic mass is 16.1. The summed E-state index contributed by atoms with van der Waals surface area (Å²) in [5, 5.41) is 0.298. The van der Waals surface area contributed by atoms with E-state index in [1.807, 2.05) is 0 Å². The molecular formula is C12H13N7O2. The molecule has 0 spiro atoms. The minimum Gasteiger partial charge on any atom is -0.395 e. The summed E-state index contributed by atoms with van der Waals surface area (Å²) >= 11 is 0. The molecule has 21 heavy (non-hydrogen) atoms. The van der Waals surface area contributed by atoms with Gasteiger partial charge >= 0.3 is 0 Å². The molecule has 0 fully saturated rings. The van der Waals surface area contributed by atoms with Crippen LogP contribution in [0, 0.1) is 13.8 Å². The van der Waals surface area contributed by atoms with E-state index in [0.29, 0.717) is 11.6 Å². The Kier molecular flexibility index (Phi) is 2.43. The van der Waals surface area contributed by atoms with E-state index >= 15 is 0 Å². The Morgan fingerprint density at radius 1 is 0.905 bits per heavy atom. The third kappa shape index (κ3) is 1.57. The second-order valence-electron chi connectivity index (χ2n) is 4.75. The van der Waals surface area contributed by atoms with Crippen LogP contribution in [0.3, 0.4) is 0 Å². The van der Waals surface area contributed by atoms with Gasteiger partial charge in [0.2, 0.25) is 0 Å². The van der Waals surface area contributed by atoms with Gasteiger partial charge in [0.25, 0.3) is 11.1 Å². The third-order valence-corrected chi connectivity index (χ3v) is 3.45. The van der Waals surface area contributed by atoms with Gasteiger partial charge in [-0.1, -0.05) is 0 Å². The van der Waals surface area contributed by atoms with Crippen molar-refractivity contribution in [1.82, 2.24) is 19.3 Å².